The number of nitrogens with one attached hydrogen (secondary N) is 1. The van der Waals surface area contributed by atoms with Crippen molar-refractivity contribution in [2.24, 2.45) is 0 Å². The van der Waals surface area contributed by atoms with Gasteiger partial charge in [0.2, 0.25) is 0 Å². The van der Waals surface area contributed by atoms with Crippen molar-refractivity contribution in [1.82, 2.24) is 10.2 Å². The summed E-state index contributed by atoms with van der Waals surface area (Å²) in [7, 11) is 2.11. The third kappa shape index (κ3) is 1.97. The summed E-state index contributed by atoms with van der Waals surface area (Å²) in [6.45, 7) is 2.94. The number of alkyl halides is 1. The molecule has 1 unspecified atom stereocenters. The summed E-state index contributed by atoms with van der Waals surface area (Å²) in [5.74, 6) is 0. The molecule has 1 spiro atoms. The van der Waals surface area contributed by atoms with Crippen LogP contribution in [0.3, 0.4) is 0 Å². The average molecular weight is 209 g/mol. The molecule has 0 saturated carbocycles. The Bertz CT molecular complexity index is 169. The molecule has 2 saturated heterocycles. The maximum atomic E-state index is 13.5. The predicted molar refractivity (Wildman–Crippen MR) is 54.2 cm³/mol. The van der Waals surface area contributed by atoms with Gasteiger partial charge in [0.05, 0.1) is 5.54 Å². The Balaban J connectivity index is 0.000000845. The van der Waals surface area contributed by atoms with Gasteiger partial charge in [-0.15, -0.1) is 12.4 Å². The average Bonchev–Trinajstić information content (AvgIpc) is 2.41. The minimum Gasteiger partial charge on any atom is -0.308 e. The van der Waals surface area contributed by atoms with Crippen molar-refractivity contribution in [3.63, 3.8) is 0 Å². The Kier molecular flexibility index (Phi) is 3.55. The quantitative estimate of drug-likeness (QED) is 0.644. The summed E-state index contributed by atoms with van der Waals surface area (Å²) >= 11 is 0. The lowest BCUT2D eigenvalue weighted by Crippen LogP contribution is -2.53. The van der Waals surface area contributed by atoms with Crippen LogP contribution >= 0.6 is 12.4 Å². The van der Waals surface area contributed by atoms with Crippen LogP contribution < -0.4 is 5.32 Å². The minimum atomic E-state index is -0.605. The Hall–Kier alpha value is 0.140. The Morgan fingerprint density at radius 2 is 2.00 bits per heavy atom. The normalized spacial score (nSPS) is 33.2. The molecule has 1 N–H and O–H groups in total. The SMILES string of the molecule is CN1CCC2(CC1)NCCC2F.Cl. The number of nitrogens with zero attached hydrogens (tertiary/aromatic N) is 1. The Morgan fingerprint density at radius 3 is 2.46 bits per heavy atom. The van der Waals surface area contributed by atoms with Gasteiger partial charge in [0.25, 0.3) is 0 Å². The Labute approximate surface area is 85.3 Å². The number of hydrogen-bond donors (Lipinski definition) is 1. The van der Waals surface area contributed by atoms with Gasteiger partial charge in [0.1, 0.15) is 6.17 Å². The highest BCUT2D eigenvalue weighted by Gasteiger charge is 2.44. The van der Waals surface area contributed by atoms with Gasteiger partial charge in [0.15, 0.2) is 0 Å². The summed E-state index contributed by atoms with van der Waals surface area (Å²) in [4.78, 5) is 2.28. The first kappa shape index (κ1) is 11.2. The second kappa shape index (κ2) is 4.11. The summed E-state index contributed by atoms with van der Waals surface area (Å²) < 4.78 is 13.5. The smallest absolute Gasteiger partial charge is 0.119 e. The number of piperidine rings is 1. The highest BCUT2D eigenvalue weighted by molar-refractivity contribution is 5.85. The van der Waals surface area contributed by atoms with E-state index < -0.39 is 6.17 Å². The van der Waals surface area contributed by atoms with E-state index in [1.807, 2.05) is 0 Å². The molecule has 2 nitrogen and oxygen atoms in total. The van der Waals surface area contributed by atoms with Crippen molar-refractivity contribution in [2.45, 2.75) is 31.0 Å². The highest BCUT2D eigenvalue weighted by Crippen LogP contribution is 2.32. The van der Waals surface area contributed by atoms with E-state index in [2.05, 4.69) is 17.3 Å². The molecule has 0 aromatic rings. The second-order valence-electron chi connectivity index (χ2n) is 4.14. The van der Waals surface area contributed by atoms with Crippen LogP contribution in [0, 0.1) is 0 Å². The van der Waals surface area contributed by atoms with Crippen LogP contribution in [-0.4, -0.2) is 43.3 Å². The molecular formula is C9H18ClFN2. The molecule has 4 heteroatoms. The van der Waals surface area contributed by atoms with E-state index in [-0.39, 0.29) is 17.9 Å². The summed E-state index contributed by atoms with van der Waals surface area (Å²) in [6, 6.07) is 0. The standard InChI is InChI=1S/C9H17FN2.ClH/c1-12-6-3-9(4-7-12)8(10)2-5-11-9;/h8,11H,2-7H2,1H3;1H. The van der Waals surface area contributed by atoms with Crippen molar-refractivity contribution in [3.05, 3.63) is 0 Å². The van der Waals surface area contributed by atoms with E-state index in [1.165, 1.54) is 0 Å². The first-order valence-corrected chi connectivity index (χ1v) is 4.81. The predicted octanol–water partition coefficient (Wildman–Crippen LogP) is 1.20. The molecule has 2 fully saturated rings. The van der Waals surface area contributed by atoms with Crippen LogP contribution in [0.2, 0.25) is 0 Å². The monoisotopic (exact) mass is 208 g/mol. The first-order valence-electron chi connectivity index (χ1n) is 4.81. The lowest BCUT2D eigenvalue weighted by molar-refractivity contribution is 0.109. The van der Waals surface area contributed by atoms with Crippen molar-refractivity contribution < 1.29 is 4.39 Å². The fourth-order valence-electron chi connectivity index (χ4n) is 2.34. The molecule has 0 aromatic heterocycles. The number of likely N-dealkylation sites (tertiary alicyclic amines) is 1. The molecule has 0 radical (unpaired) electrons. The van der Waals surface area contributed by atoms with Crippen LogP contribution in [0.5, 0.6) is 0 Å². The van der Waals surface area contributed by atoms with Crippen LogP contribution in [0.4, 0.5) is 4.39 Å². The van der Waals surface area contributed by atoms with Crippen LogP contribution in [0.1, 0.15) is 19.3 Å². The van der Waals surface area contributed by atoms with Crippen LogP contribution in [0.25, 0.3) is 0 Å². The largest absolute Gasteiger partial charge is 0.308 e. The van der Waals surface area contributed by atoms with Gasteiger partial charge in [-0.2, -0.15) is 0 Å². The van der Waals surface area contributed by atoms with Crippen molar-refractivity contribution in [3.8, 4) is 0 Å². The van der Waals surface area contributed by atoms with Gasteiger partial charge >= 0.3 is 0 Å². The van der Waals surface area contributed by atoms with Crippen LogP contribution in [0.15, 0.2) is 0 Å². The molecule has 2 rings (SSSR count). The molecule has 0 aliphatic carbocycles. The van der Waals surface area contributed by atoms with Crippen LogP contribution in [-0.2, 0) is 0 Å². The highest BCUT2D eigenvalue weighted by atomic mass is 35.5. The summed E-state index contributed by atoms with van der Waals surface area (Å²) in [5, 5.41) is 3.34. The number of rotatable bonds is 0. The van der Waals surface area contributed by atoms with Gasteiger partial charge in [-0.1, -0.05) is 0 Å². The first-order chi connectivity index (χ1) is 5.73. The van der Waals surface area contributed by atoms with E-state index in [0.717, 1.165) is 32.5 Å². The fourth-order valence-corrected chi connectivity index (χ4v) is 2.34. The van der Waals surface area contributed by atoms with Crippen molar-refractivity contribution >= 4 is 12.4 Å². The van der Waals surface area contributed by atoms with E-state index in [4.69, 9.17) is 0 Å². The number of halogens is 2. The third-order valence-electron chi connectivity index (χ3n) is 3.35. The molecule has 0 amide bonds. The fraction of sp³-hybridized carbons (Fsp3) is 1.00. The minimum absolute atomic E-state index is 0. The van der Waals surface area contributed by atoms with Crippen molar-refractivity contribution in [1.29, 1.82) is 0 Å². The van der Waals surface area contributed by atoms with E-state index in [1.54, 1.807) is 0 Å². The topological polar surface area (TPSA) is 15.3 Å². The van der Waals surface area contributed by atoms with E-state index >= 15 is 0 Å². The molecule has 0 bridgehead atoms. The van der Waals surface area contributed by atoms with Crippen molar-refractivity contribution in [2.75, 3.05) is 26.7 Å². The molecule has 13 heavy (non-hydrogen) atoms. The van der Waals surface area contributed by atoms with Gasteiger partial charge in [-0.3, -0.25) is 0 Å². The molecular weight excluding hydrogens is 191 g/mol. The lowest BCUT2D eigenvalue weighted by Gasteiger charge is -2.39. The van der Waals surface area contributed by atoms with Gasteiger partial charge in [-0.25, -0.2) is 4.39 Å². The molecule has 2 aliphatic rings. The molecule has 78 valence electrons. The van der Waals surface area contributed by atoms with E-state index in [9.17, 15) is 4.39 Å². The lowest BCUT2D eigenvalue weighted by atomic mass is 9.85. The van der Waals surface area contributed by atoms with Gasteiger partial charge < -0.3 is 10.2 Å². The van der Waals surface area contributed by atoms with Gasteiger partial charge in [0, 0.05) is 0 Å². The molecule has 2 aliphatic heterocycles. The van der Waals surface area contributed by atoms with Gasteiger partial charge in [-0.05, 0) is 45.9 Å². The molecule has 0 aromatic carbocycles. The summed E-state index contributed by atoms with van der Waals surface area (Å²) in [6.07, 6.45) is 2.06. The maximum absolute atomic E-state index is 13.5. The molecule has 1 atom stereocenters. The molecule has 2 heterocycles. The second-order valence-corrected chi connectivity index (χ2v) is 4.14. The number of hydrogen-bond acceptors (Lipinski definition) is 2. The zero-order valence-electron chi connectivity index (χ0n) is 8.05. The third-order valence-corrected chi connectivity index (χ3v) is 3.35. The Morgan fingerprint density at radius 1 is 1.38 bits per heavy atom. The zero-order chi connectivity index (χ0) is 8.60. The zero-order valence-corrected chi connectivity index (χ0v) is 8.87. The summed E-state index contributed by atoms with van der Waals surface area (Å²) in [5.41, 5.74) is -0.146. The van der Waals surface area contributed by atoms with E-state index in [0.29, 0.717) is 6.42 Å². The maximum Gasteiger partial charge on any atom is 0.119 e.